The lowest BCUT2D eigenvalue weighted by atomic mass is 10.1. The van der Waals surface area contributed by atoms with Crippen molar-refractivity contribution in [2.75, 3.05) is 14.2 Å². The quantitative estimate of drug-likeness (QED) is 0.555. The van der Waals surface area contributed by atoms with Crippen molar-refractivity contribution < 1.29 is 19.2 Å². The van der Waals surface area contributed by atoms with Gasteiger partial charge in [0.2, 0.25) is 12.0 Å². The van der Waals surface area contributed by atoms with Gasteiger partial charge in [-0.2, -0.15) is 0 Å². The lowest BCUT2D eigenvalue weighted by Gasteiger charge is -2.09. The molecule has 85 valence electrons. The lowest BCUT2D eigenvalue weighted by Crippen LogP contribution is -2.01. The van der Waals surface area contributed by atoms with E-state index in [4.69, 9.17) is 9.47 Å². The van der Waals surface area contributed by atoms with E-state index in [-0.39, 0.29) is 29.2 Å². The molecule has 0 saturated carbocycles. The summed E-state index contributed by atoms with van der Waals surface area (Å²) in [4.78, 5) is 20.6. The molecule has 0 aliphatic rings. The summed E-state index contributed by atoms with van der Waals surface area (Å²) < 4.78 is 9.85. The van der Waals surface area contributed by atoms with Gasteiger partial charge in [0.25, 0.3) is 0 Å². The van der Waals surface area contributed by atoms with Crippen molar-refractivity contribution in [1.29, 1.82) is 0 Å². The van der Waals surface area contributed by atoms with Gasteiger partial charge in [-0.25, -0.2) is 0 Å². The fraction of sp³-hybridized carbons (Fsp3) is 0.300. The van der Waals surface area contributed by atoms with E-state index >= 15 is 0 Å². The van der Waals surface area contributed by atoms with Gasteiger partial charge < -0.3 is 9.47 Å². The summed E-state index contributed by atoms with van der Waals surface area (Å²) in [5.74, 6) is 0.268. The Hall–Kier alpha value is -2.11. The Balaban J connectivity index is 3.43. The molecule has 0 heterocycles. The van der Waals surface area contributed by atoms with Gasteiger partial charge in [0.15, 0.2) is 5.75 Å². The molecule has 0 aliphatic heterocycles. The van der Waals surface area contributed by atoms with Crippen LogP contribution in [0.4, 0.5) is 5.69 Å². The van der Waals surface area contributed by atoms with Crippen molar-refractivity contribution in [3.05, 3.63) is 27.8 Å². The third-order valence-electron chi connectivity index (χ3n) is 2.05. The van der Waals surface area contributed by atoms with Crippen molar-refractivity contribution in [1.82, 2.24) is 0 Å². The summed E-state index contributed by atoms with van der Waals surface area (Å²) in [7, 11) is 2.69. The van der Waals surface area contributed by atoms with Crippen LogP contribution in [0.2, 0.25) is 0 Å². The van der Waals surface area contributed by atoms with Crippen LogP contribution in [0.5, 0.6) is 11.5 Å². The Bertz CT molecular complexity index is 416. The largest absolute Gasteiger partial charge is 0.493 e. The molecular weight excluding hydrogens is 214 g/mol. The number of rotatable bonds is 5. The van der Waals surface area contributed by atoms with E-state index < -0.39 is 4.92 Å². The maximum Gasteiger partial charge on any atom is 0.318 e. The normalized spacial score (nSPS) is 9.62. The smallest absolute Gasteiger partial charge is 0.318 e. The Morgan fingerprint density at radius 2 is 2.06 bits per heavy atom. The number of hydrogen-bond donors (Lipinski definition) is 0. The van der Waals surface area contributed by atoms with E-state index in [0.717, 1.165) is 0 Å². The van der Waals surface area contributed by atoms with Gasteiger partial charge in [-0.1, -0.05) is 0 Å². The van der Waals surface area contributed by atoms with E-state index in [2.05, 4.69) is 0 Å². The fourth-order valence-corrected chi connectivity index (χ4v) is 1.37. The third-order valence-corrected chi connectivity index (χ3v) is 2.05. The zero-order chi connectivity index (χ0) is 12.1. The van der Waals surface area contributed by atoms with Crippen molar-refractivity contribution in [3.63, 3.8) is 0 Å². The van der Waals surface area contributed by atoms with Gasteiger partial charge in [0.05, 0.1) is 19.1 Å². The molecule has 0 bridgehead atoms. The molecule has 6 heteroatoms. The molecule has 0 spiro atoms. The van der Waals surface area contributed by atoms with Crippen molar-refractivity contribution >= 4 is 12.0 Å². The van der Waals surface area contributed by atoms with Crippen LogP contribution < -0.4 is 9.47 Å². The average molecular weight is 224 g/mol. The Morgan fingerprint density at radius 3 is 2.50 bits per heavy atom. The molecule has 1 radical (unpaired) electrons. The predicted molar refractivity (Wildman–Crippen MR) is 55.6 cm³/mol. The van der Waals surface area contributed by atoms with E-state index in [9.17, 15) is 14.9 Å². The highest BCUT2D eigenvalue weighted by Crippen LogP contribution is 2.39. The van der Waals surface area contributed by atoms with Crippen LogP contribution in [-0.2, 0) is 11.2 Å². The number of benzene rings is 1. The highest BCUT2D eigenvalue weighted by atomic mass is 16.6. The number of hydrogen-bond acceptors (Lipinski definition) is 5. The molecule has 1 aromatic rings. The summed E-state index contributed by atoms with van der Waals surface area (Å²) in [6.45, 7) is 0. The molecule has 0 amide bonds. The highest BCUT2D eigenvalue weighted by molar-refractivity contribution is 5.66. The van der Waals surface area contributed by atoms with E-state index in [0.29, 0.717) is 0 Å². The molecule has 0 unspecified atom stereocenters. The summed E-state index contributed by atoms with van der Waals surface area (Å²) in [5.41, 5.74) is -0.0112. The van der Waals surface area contributed by atoms with Gasteiger partial charge in [0.1, 0.15) is 0 Å². The molecule has 1 aromatic carbocycles. The first-order valence-corrected chi connectivity index (χ1v) is 4.39. The topological polar surface area (TPSA) is 78.7 Å². The second-order valence-electron chi connectivity index (χ2n) is 2.89. The van der Waals surface area contributed by atoms with Crippen LogP contribution in [0.15, 0.2) is 12.1 Å². The summed E-state index contributed by atoms with van der Waals surface area (Å²) in [6.07, 6.45) is 1.46. The van der Waals surface area contributed by atoms with Gasteiger partial charge in [0, 0.05) is 12.0 Å². The molecule has 0 atom stereocenters. The van der Waals surface area contributed by atoms with Gasteiger partial charge >= 0.3 is 5.69 Å². The number of nitro benzene ring substituents is 1. The van der Waals surface area contributed by atoms with Gasteiger partial charge in [-0.3, -0.25) is 14.9 Å². The highest BCUT2D eigenvalue weighted by Gasteiger charge is 2.24. The number of nitrogens with zero attached hydrogens (tertiary/aromatic N) is 1. The molecule has 1 rings (SSSR count). The minimum absolute atomic E-state index is 0.0141. The van der Waals surface area contributed by atoms with E-state index in [1.807, 2.05) is 0 Å². The molecule has 0 aliphatic carbocycles. The third kappa shape index (κ3) is 2.10. The Labute approximate surface area is 91.9 Å². The van der Waals surface area contributed by atoms with Crippen LogP contribution in [0.3, 0.4) is 0 Å². The number of methoxy groups -OCH3 is 2. The summed E-state index contributed by atoms with van der Waals surface area (Å²) in [5, 5.41) is 10.9. The molecule has 6 nitrogen and oxygen atoms in total. The first kappa shape index (κ1) is 12.0. The first-order chi connectivity index (χ1) is 7.65. The van der Waals surface area contributed by atoms with Gasteiger partial charge in [-0.05, 0) is 12.1 Å². The molecule has 0 fully saturated rings. The lowest BCUT2D eigenvalue weighted by molar-refractivity contribution is -0.386. The predicted octanol–water partition coefficient (Wildman–Crippen LogP) is 1.26. The standard InChI is InChI=1S/C10H10NO5/c1-15-8-4-3-7(5-6-12)9(11(13)14)10(8)16-2/h3-4H,5H2,1-2H3. The Morgan fingerprint density at radius 1 is 1.38 bits per heavy atom. The minimum Gasteiger partial charge on any atom is -0.493 e. The first-order valence-electron chi connectivity index (χ1n) is 4.39. The van der Waals surface area contributed by atoms with E-state index in [1.54, 1.807) is 6.29 Å². The second-order valence-corrected chi connectivity index (χ2v) is 2.89. The zero-order valence-electron chi connectivity index (χ0n) is 8.85. The van der Waals surface area contributed by atoms with Crippen LogP contribution in [0.1, 0.15) is 5.56 Å². The molecular formula is C10H10NO5. The van der Waals surface area contributed by atoms with Crippen LogP contribution in [0.25, 0.3) is 0 Å². The molecule has 0 aromatic heterocycles. The van der Waals surface area contributed by atoms with Gasteiger partial charge in [-0.15, -0.1) is 0 Å². The molecule has 0 saturated heterocycles. The van der Waals surface area contributed by atoms with Crippen LogP contribution >= 0.6 is 0 Å². The van der Waals surface area contributed by atoms with Crippen LogP contribution in [-0.4, -0.2) is 25.4 Å². The summed E-state index contributed by atoms with van der Waals surface area (Å²) in [6, 6.07) is 2.96. The van der Waals surface area contributed by atoms with E-state index in [1.165, 1.54) is 26.4 Å². The summed E-state index contributed by atoms with van der Waals surface area (Å²) >= 11 is 0. The van der Waals surface area contributed by atoms with Crippen molar-refractivity contribution in [2.24, 2.45) is 0 Å². The van der Waals surface area contributed by atoms with Crippen molar-refractivity contribution in [3.8, 4) is 11.5 Å². The monoisotopic (exact) mass is 224 g/mol. The maximum atomic E-state index is 10.9. The second kappa shape index (κ2) is 5.11. The SMILES string of the molecule is COc1ccc(C[C]=O)c([N+](=O)[O-])c1OC. The zero-order valence-corrected chi connectivity index (χ0v) is 8.85. The molecule has 16 heavy (non-hydrogen) atoms. The molecule has 0 N–H and O–H groups in total. The Kier molecular flexibility index (Phi) is 3.82. The fourth-order valence-electron chi connectivity index (χ4n) is 1.37. The minimum atomic E-state index is -0.603. The van der Waals surface area contributed by atoms with Crippen molar-refractivity contribution in [2.45, 2.75) is 6.42 Å². The number of carbonyl (C=O) groups excluding carboxylic acids is 1. The average Bonchev–Trinajstić information content (AvgIpc) is 2.28. The number of ether oxygens (including phenoxy) is 2. The maximum absolute atomic E-state index is 10.9. The number of nitro groups is 1. The van der Waals surface area contributed by atoms with Crippen LogP contribution in [0, 0.1) is 10.1 Å².